The van der Waals surface area contributed by atoms with Crippen molar-refractivity contribution in [3.63, 3.8) is 0 Å². The van der Waals surface area contributed by atoms with E-state index < -0.39 is 47.5 Å². The predicted octanol–water partition coefficient (Wildman–Crippen LogP) is -1.21. The van der Waals surface area contributed by atoms with Gasteiger partial charge in [0, 0.05) is 12.6 Å². The summed E-state index contributed by atoms with van der Waals surface area (Å²) < 4.78 is 64.4. The van der Waals surface area contributed by atoms with Gasteiger partial charge in [-0.3, -0.25) is 13.9 Å². The summed E-state index contributed by atoms with van der Waals surface area (Å²) in [6.07, 6.45) is 0. The van der Waals surface area contributed by atoms with Crippen LogP contribution in [0.2, 0.25) is 0 Å². The summed E-state index contributed by atoms with van der Waals surface area (Å²) in [7, 11) is -9.60. The summed E-state index contributed by atoms with van der Waals surface area (Å²) in [5.74, 6) is -1.57. The second-order valence-electron chi connectivity index (χ2n) is 4.86. The van der Waals surface area contributed by atoms with E-state index >= 15 is 0 Å². The molecular weight excluding hydrogens is 394 g/mol. The highest BCUT2D eigenvalue weighted by Crippen LogP contribution is 2.27. The number of rotatable bonds is 6. The van der Waals surface area contributed by atoms with E-state index in [2.05, 4.69) is 10.4 Å². The third-order valence-corrected chi connectivity index (χ3v) is 4.81. The van der Waals surface area contributed by atoms with Gasteiger partial charge in [-0.25, -0.2) is 0 Å². The number of nitrogens with one attached hydrogen (secondary N) is 1. The maximum atomic E-state index is 11.8. The molecule has 0 bridgehead atoms. The van der Waals surface area contributed by atoms with Crippen LogP contribution in [0.5, 0.6) is 5.88 Å². The lowest BCUT2D eigenvalue weighted by Crippen LogP contribution is -2.26. The molecule has 0 aliphatic carbocycles. The monoisotopic (exact) mass is 407 g/mol. The molecule has 1 aromatic heterocycles. The first kappa shape index (κ1) is 19.8. The first-order chi connectivity index (χ1) is 11.9. The Hall–Kier alpha value is -2.52. The van der Waals surface area contributed by atoms with Crippen LogP contribution in [-0.4, -0.2) is 65.0 Å². The van der Waals surface area contributed by atoms with Gasteiger partial charge in [0.25, 0.3) is 26.1 Å². The van der Waals surface area contributed by atoms with Crippen molar-refractivity contribution in [1.82, 2.24) is 15.1 Å². The first-order valence-electron chi connectivity index (χ1n) is 6.72. The van der Waals surface area contributed by atoms with E-state index in [1.165, 1.54) is 0 Å². The molecule has 0 aliphatic heterocycles. The number of hydrogen-bond donors (Lipinski definition) is 5. The summed E-state index contributed by atoms with van der Waals surface area (Å²) in [5, 5.41) is 24.5. The molecule has 1 heterocycles. The Kier molecular flexibility index (Phi) is 5.33. The minimum Gasteiger partial charge on any atom is -0.493 e. The molecule has 0 atom stereocenters. The zero-order valence-electron chi connectivity index (χ0n) is 12.8. The van der Waals surface area contributed by atoms with Gasteiger partial charge in [0.05, 0.1) is 17.2 Å². The summed E-state index contributed by atoms with van der Waals surface area (Å²) in [5.41, 5.74) is -1.00. The van der Waals surface area contributed by atoms with Crippen molar-refractivity contribution in [2.24, 2.45) is 0 Å². The molecule has 0 aliphatic rings. The van der Waals surface area contributed by atoms with E-state index in [0.29, 0.717) is 16.8 Å². The quantitative estimate of drug-likeness (QED) is 0.362. The molecule has 2 rings (SSSR count). The number of aliphatic hydroxyl groups is 1. The van der Waals surface area contributed by atoms with Crippen molar-refractivity contribution < 1.29 is 40.9 Å². The summed E-state index contributed by atoms with van der Waals surface area (Å²) in [6.45, 7) is -0.470. The van der Waals surface area contributed by atoms with Crippen molar-refractivity contribution in [2.75, 3.05) is 13.2 Å². The second-order valence-corrected chi connectivity index (χ2v) is 7.67. The van der Waals surface area contributed by atoms with Crippen molar-refractivity contribution in [3.8, 4) is 11.6 Å². The van der Waals surface area contributed by atoms with Crippen LogP contribution in [0.3, 0.4) is 0 Å². The van der Waals surface area contributed by atoms with Crippen LogP contribution in [0.1, 0.15) is 10.5 Å². The number of amides is 1. The van der Waals surface area contributed by atoms with Crippen molar-refractivity contribution in [2.45, 2.75) is 9.79 Å². The number of aromatic nitrogens is 2. The molecule has 0 radical (unpaired) electrons. The number of hydrogen-bond acceptors (Lipinski definition) is 8. The highest BCUT2D eigenvalue weighted by Gasteiger charge is 2.24. The normalized spacial score (nSPS) is 12.1. The van der Waals surface area contributed by atoms with Gasteiger partial charge in [-0.2, -0.15) is 26.6 Å². The number of carbonyl (C=O) groups excluding carboxylic acids is 1. The summed E-state index contributed by atoms with van der Waals surface area (Å²) in [4.78, 5) is 10.2. The zero-order valence-corrected chi connectivity index (χ0v) is 14.4. The fourth-order valence-corrected chi connectivity index (χ4v) is 3.11. The summed E-state index contributed by atoms with van der Waals surface area (Å²) in [6, 6.07) is 2.89. The molecule has 0 saturated carbocycles. The van der Waals surface area contributed by atoms with Gasteiger partial charge in [-0.15, -0.1) is 0 Å². The molecule has 14 heteroatoms. The van der Waals surface area contributed by atoms with Crippen molar-refractivity contribution in [1.29, 1.82) is 0 Å². The lowest BCUT2D eigenvalue weighted by atomic mass is 10.3. The average molecular weight is 407 g/mol. The van der Waals surface area contributed by atoms with Gasteiger partial charge in [0.15, 0.2) is 5.69 Å². The molecule has 26 heavy (non-hydrogen) atoms. The minimum absolute atomic E-state index is 0.110. The number of aromatic hydroxyl groups is 1. The van der Waals surface area contributed by atoms with Gasteiger partial charge in [-0.05, 0) is 18.2 Å². The molecule has 0 spiro atoms. The van der Waals surface area contributed by atoms with Gasteiger partial charge in [-0.1, -0.05) is 0 Å². The lowest BCUT2D eigenvalue weighted by molar-refractivity contribution is 0.0939. The molecule has 1 aromatic carbocycles. The summed E-state index contributed by atoms with van der Waals surface area (Å²) >= 11 is 0. The molecule has 0 fully saturated rings. The maximum absolute atomic E-state index is 11.8. The second kappa shape index (κ2) is 7.00. The Morgan fingerprint density at radius 1 is 1.12 bits per heavy atom. The van der Waals surface area contributed by atoms with E-state index in [9.17, 15) is 31.3 Å². The molecule has 142 valence electrons. The molecular formula is C12H13N3O9S2. The number of aliphatic hydroxyl groups excluding tert-OH is 1. The fourth-order valence-electron chi connectivity index (χ4n) is 1.96. The Morgan fingerprint density at radius 2 is 1.77 bits per heavy atom. The van der Waals surface area contributed by atoms with Gasteiger partial charge < -0.3 is 15.5 Å². The number of benzene rings is 1. The molecule has 0 unspecified atom stereocenters. The lowest BCUT2D eigenvalue weighted by Gasteiger charge is -2.09. The number of nitrogens with zero attached hydrogens (tertiary/aromatic N) is 2. The highest BCUT2D eigenvalue weighted by atomic mass is 32.2. The van der Waals surface area contributed by atoms with Crippen LogP contribution in [-0.2, 0) is 20.2 Å². The Morgan fingerprint density at radius 3 is 2.31 bits per heavy atom. The van der Waals surface area contributed by atoms with Crippen molar-refractivity contribution in [3.05, 3.63) is 30.0 Å². The van der Waals surface area contributed by atoms with E-state index in [1.54, 1.807) is 0 Å². The van der Waals surface area contributed by atoms with Crippen LogP contribution in [0.4, 0.5) is 0 Å². The van der Waals surface area contributed by atoms with E-state index in [4.69, 9.17) is 9.66 Å². The maximum Gasteiger partial charge on any atom is 0.296 e. The minimum atomic E-state index is -4.87. The standard InChI is InChI=1S/C12H13N3O9S2/c16-4-3-13-12(18)8-6-11(17)15(14-8)9-5-7(25(19,20)21)1-2-10(9)26(22,23)24/h1-2,5-6,16-17H,3-4H2,(H,13,18)(H,19,20,21)(H,22,23,24). The third-order valence-electron chi connectivity index (χ3n) is 3.05. The zero-order chi connectivity index (χ0) is 19.7. The molecule has 12 nitrogen and oxygen atoms in total. The van der Waals surface area contributed by atoms with Gasteiger partial charge in [0.2, 0.25) is 5.88 Å². The number of carbonyl (C=O) groups is 1. The molecule has 1 amide bonds. The van der Waals surface area contributed by atoms with E-state index in [0.717, 1.165) is 12.1 Å². The highest BCUT2D eigenvalue weighted by molar-refractivity contribution is 7.86. The smallest absolute Gasteiger partial charge is 0.296 e. The van der Waals surface area contributed by atoms with Crippen LogP contribution in [0.15, 0.2) is 34.1 Å². The van der Waals surface area contributed by atoms with Crippen molar-refractivity contribution >= 4 is 26.1 Å². The van der Waals surface area contributed by atoms with Crippen LogP contribution in [0.25, 0.3) is 5.69 Å². The fraction of sp³-hybridized carbons (Fsp3) is 0.167. The first-order valence-corrected chi connectivity index (χ1v) is 9.60. The van der Waals surface area contributed by atoms with E-state index in [1.807, 2.05) is 0 Å². The van der Waals surface area contributed by atoms with Gasteiger partial charge in [0.1, 0.15) is 4.90 Å². The Balaban J connectivity index is 2.67. The molecule has 5 N–H and O–H groups in total. The average Bonchev–Trinajstić information content (AvgIpc) is 2.92. The third kappa shape index (κ3) is 4.17. The van der Waals surface area contributed by atoms with Gasteiger partial charge >= 0.3 is 0 Å². The van der Waals surface area contributed by atoms with Crippen LogP contribution in [0, 0.1) is 0 Å². The van der Waals surface area contributed by atoms with Crippen LogP contribution >= 0.6 is 0 Å². The largest absolute Gasteiger partial charge is 0.493 e. The molecule has 2 aromatic rings. The van der Waals surface area contributed by atoms with E-state index in [-0.39, 0.29) is 18.8 Å². The predicted molar refractivity (Wildman–Crippen MR) is 84.3 cm³/mol. The molecule has 0 saturated heterocycles. The van der Waals surface area contributed by atoms with Crippen LogP contribution < -0.4 is 5.32 Å². The SMILES string of the molecule is O=C(NCCO)c1cc(O)n(-c2cc(S(=O)(=O)O)ccc2S(=O)(=O)O)n1. The Bertz CT molecular complexity index is 1060. The topological polar surface area (TPSA) is 196 Å². The Labute approximate surface area is 147 Å².